The zero-order chi connectivity index (χ0) is 10.8. The predicted octanol–water partition coefficient (Wildman–Crippen LogP) is 0.885. The van der Waals surface area contributed by atoms with E-state index in [1.54, 1.807) is 6.92 Å². The van der Waals surface area contributed by atoms with Crippen molar-refractivity contribution in [3.63, 3.8) is 0 Å². The van der Waals surface area contributed by atoms with E-state index >= 15 is 0 Å². The second-order valence-electron chi connectivity index (χ2n) is 4.22. The molecule has 0 radical (unpaired) electrons. The van der Waals surface area contributed by atoms with E-state index in [0.29, 0.717) is 19.4 Å². The number of aliphatic carboxylic acids is 1. The maximum absolute atomic E-state index is 11.2. The van der Waals surface area contributed by atoms with Crippen molar-refractivity contribution in [1.29, 1.82) is 0 Å². The summed E-state index contributed by atoms with van der Waals surface area (Å²) in [5.41, 5.74) is -0.790. The monoisotopic (exact) mass is 202 g/mol. The molecule has 0 amide bonds. The molecule has 0 aromatic rings. The largest absolute Gasteiger partial charge is 0.481 e. The van der Waals surface area contributed by atoms with Crippen molar-refractivity contribution in [3.8, 4) is 0 Å². The van der Waals surface area contributed by atoms with Gasteiger partial charge in [0.1, 0.15) is 0 Å². The van der Waals surface area contributed by atoms with Crippen LogP contribution < -0.4 is 0 Å². The molecule has 0 aromatic heterocycles. The van der Waals surface area contributed by atoms with Crippen molar-refractivity contribution >= 4 is 5.97 Å². The third-order valence-corrected chi connectivity index (χ3v) is 3.14. The van der Waals surface area contributed by atoms with Gasteiger partial charge in [-0.25, -0.2) is 0 Å². The molecule has 1 aliphatic rings. The van der Waals surface area contributed by atoms with Crippen LogP contribution in [0.25, 0.3) is 0 Å². The molecule has 1 rings (SSSR count). The molecule has 3 atom stereocenters. The summed E-state index contributed by atoms with van der Waals surface area (Å²) in [5.74, 6) is -0.793. The Morgan fingerprint density at radius 3 is 2.71 bits per heavy atom. The maximum Gasteiger partial charge on any atom is 0.312 e. The van der Waals surface area contributed by atoms with Gasteiger partial charge in [-0.3, -0.25) is 4.79 Å². The first kappa shape index (κ1) is 11.5. The van der Waals surface area contributed by atoms with Crippen molar-refractivity contribution < 1.29 is 19.7 Å². The van der Waals surface area contributed by atoms with Crippen molar-refractivity contribution in [2.24, 2.45) is 11.3 Å². The molecule has 0 aromatic carbocycles. The van der Waals surface area contributed by atoms with Gasteiger partial charge in [-0.2, -0.15) is 0 Å². The maximum atomic E-state index is 11.2. The fourth-order valence-electron chi connectivity index (χ4n) is 2.10. The third kappa shape index (κ3) is 1.91. The van der Waals surface area contributed by atoms with Gasteiger partial charge >= 0.3 is 5.97 Å². The quantitative estimate of drug-likeness (QED) is 0.710. The Labute approximate surface area is 83.9 Å². The van der Waals surface area contributed by atoms with Crippen LogP contribution in [-0.2, 0) is 9.53 Å². The van der Waals surface area contributed by atoms with E-state index in [9.17, 15) is 9.90 Å². The number of carbonyl (C=O) groups is 1. The predicted molar refractivity (Wildman–Crippen MR) is 51.0 cm³/mol. The minimum absolute atomic E-state index is 0.00949. The van der Waals surface area contributed by atoms with E-state index in [1.807, 2.05) is 6.92 Å². The molecule has 1 aliphatic heterocycles. The van der Waals surface area contributed by atoms with Gasteiger partial charge in [-0.15, -0.1) is 0 Å². The van der Waals surface area contributed by atoms with Gasteiger partial charge in [0, 0.05) is 13.2 Å². The fourth-order valence-corrected chi connectivity index (χ4v) is 2.10. The Balaban J connectivity index is 2.77. The highest BCUT2D eigenvalue weighted by atomic mass is 16.5. The molecular formula is C10H18O4. The number of carboxylic acid groups (broad SMARTS) is 1. The number of aliphatic hydroxyl groups excluding tert-OH is 1. The number of ether oxygens (including phenoxy) is 1. The average molecular weight is 202 g/mol. The van der Waals surface area contributed by atoms with Gasteiger partial charge in [-0.05, 0) is 25.7 Å². The Kier molecular flexibility index (Phi) is 3.50. The van der Waals surface area contributed by atoms with Crippen molar-refractivity contribution in [2.75, 3.05) is 13.2 Å². The topological polar surface area (TPSA) is 66.8 Å². The third-order valence-electron chi connectivity index (χ3n) is 3.14. The summed E-state index contributed by atoms with van der Waals surface area (Å²) in [6, 6.07) is 0. The number of aliphatic hydroxyl groups is 1. The molecule has 82 valence electrons. The van der Waals surface area contributed by atoms with Gasteiger partial charge in [0.2, 0.25) is 0 Å². The minimum atomic E-state index is -0.803. The fraction of sp³-hybridized carbons (Fsp3) is 0.900. The number of rotatable bonds is 4. The number of hydrogen-bond donors (Lipinski definition) is 2. The Morgan fingerprint density at radius 2 is 2.36 bits per heavy atom. The first-order valence-corrected chi connectivity index (χ1v) is 4.99. The Morgan fingerprint density at radius 1 is 1.71 bits per heavy atom. The summed E-state index contributed by atoms with van der Waals surface area (Å²) in [5, 5.41) is 18.2. The molecule has 4 heteroatoms. The summed E-state index contributed by atoms with van der Waals surface area (Å²) in [6.07, 6.45) is 0.780. The van der Waals surface area contributed by atoms with Gasteiger partial charge in [0.15, 0.2) is 0 Å². The number of carboxylic acids is 1. The molecule has 1 saturated heterocycles. The van der Waals surface area contributed by atoms with Gasteiger partial charge in [0.05, 0.1) is 11.5 Å². The van der Waals surface area contributed by atoms with Crippen LogP contribution in [0.3, 0.4) is 0 Å². The molecular weight excluding hydrogens is 184 g/mol. The molecule has 0 bridgehead atoms. The molecule has 1 heterocycles. The van der Waals surface area contributed by atoms with Crippen LogP contribution in [0.5, 0.6) is 0 Å². The molecule has 0 spiro atoms. The molecule has 1 fully saturated rings. The second-order valence-corrected chi connectivity index (χ2v) is 4.22. The van der Waals surface area contributed by atoms with E-state index in [2.05, 4.69) is 0 Å². The summed E-state index contributed by atoms with van der Waals surface area (Å²) in [7, 11) is 0. The Bertz CT molecular complexity index is 216. The lowest BCUT2D eigenvalue weighted by Crippen LogP contribution is -2.39. The van der Waals surface area contributed by atoms with E-state index in [0.717, 1.165) is 0 Å². The van der Waals surface area contributed by atoms with Gasteiger partial charge < -0.3 is 14.9 Å². The van der Waals surface area contributed by atoms with E-state index in [4.69, 9.17) is 9.84 Å². The van der Waals surface area contributed by atoms with Crippen molar-refractivity contribution in [1.82, 2.24) is 0 Å². The first-order chi connectivity index (χ1) is 6.53. The van der Waals surface area contributed by atoms with Gasteiger partial charge in [-0.1, -0.05) is 6.92 Å². The Hall–Kier alpha value is -0.610. The smallest absolute Gasteiger partial charge is 0.312 e. The van der Waals surface area contributed by atoms with Crippen molar-refractivity contribution in [2.45, 2.75) is 32.8 Å². The molecule has 0 saturated carbocycles. The van der Waals surface area contributed by atoms with Crippen LogP contribution in [0.2, 0.25) is 0 Å². The average Bonchev–Trinajstić information content (AvgIpc) is 2.49. The minimum Gasteiger partial charge on any atom is -0.481 e. The summed E-state index contributed by atoms with van der Waals surface area (Å²) >= 11 is 0. The first-order valence-electron chi connectivity index (χ1n) is 4.99. The highest BCUT2D eigenvalue weighted by molar-refractivity contribution is 5.75. The molecule has 3 unspecified atom stereocenters. The lowest BCUT2D eigenvalue weighted by Gasteiger charge is -2.29. The highest BCUT2D eigenvalue weighted by Gasteiger charge is 2.48. The van der Waals surface area contributed by atoms with Gasteiger partial charge in [0.25, 0.3) is 0 Å². The van der Waals surface area contributed by atoms with Crippen LogP contribution in [0.1, 0.15) is 26.7 Å². The molecule has 4 nitrogen and oxygen atoms in total. The summed E-state index contributed by atoms with van der Waals surface area (Å²) < 4.78 is 5.31. The summed E-state index contributed by atoms with van der Waals surface area (Å²) in [4.78, 5) is 11.2. The zero-order valence-corrected chi connectivity index (χ0v) is 8.69. The zero-order valence-electron chi connectivity index (χ0n) is 8.69. The van der Waals surface area contributed by atoms with Crippen LogP contribution >= 0.6 is 0 Å². The van der Waals surface area contributed by atoms with Crippen molar-refractivity contribution in [3.05, 3.63) is 0 Å². The lowest BCUT2D eigenvalue weighted by atomic mass is 9.75. The van der Waals surface area contributed by atoms with Crippen LogP contribution in [0.15, 0.2) is 0 Å². The molecule has 0 aliphatic carbocycles. The second kappa shape index (κ2) is 4.28. The van der Waals surface area contributed by atoms with Crippen LogP contribution in [0, 0.1) is 11.3 Å². The molecule has 14 heavy (non-hydrogen) atoms. The van der Waals surface area contributed by atoms with Crippen LogP contribution in [-0.4, -0.2) is 35.5 Å². The SMILES string of the molecule is CC(CO)CC1(C(=O)O)CCOC1C. The molecule has 2 N–H and O–H groups in total. The van der Waals surface area contributed by atoms with Crippen LogP contribution in [0.4, 0.5) is 0 Å². The summed E-state index contributed by atoms with van der Waals surface area (Å²) in [6.45, 7) is 4.19. The standard InChI is InChI=1S/C10H18O4/c1-7(6-11)5-10(9(12)13)3-4-14-8(10)2/h7-8,11H,3-6H2,1-2H3,(H,12,13). The lowest BCUT2D eigenvalue weighted by molar-refractivity contribution is -0.153. The normalized spacial score (nSPS) is 34.4. The van der Waals surface area contributed by atoms with E-state index in [-0.39, 0.29) is 18.6 Å². The van der Waals surface area contributed by atoms with E-state index in [1.165, 1.54) is 0 Å². The highest BCUT2D eigenvalue weighted by Crippen LogP contribution is 2.40. The van der Waals surface area contributed by atoms with E-state index < -0.39 is 11.4 Å². The number of hydrogen-bond acceptors (Lipinski definition) is 3.